The first-order chi connectivity index (χ1) is 10.1. The second-order valence-corrected chi connectivity index (χ2v) is 4.46. The lowest BCUT2D eigenvalue weighted by Crippen LogP contribution is -2.35. The number of hydrogen-bond acceptors (Lipinski definition) is 4. The Labute approximate surface area is 122 Å². The van der Waals surface area contributed by atoms with Crippen LogP contribution in [-0.2, 0) is 9.53 Å². The van der Waals surface area contributed by atoms with E-state index in [1.807, 2.05) is 12.1 Å². The molecule has 0 aliphatic carbocycles. The fourth-order valence-corrected chi connectivity index (χ4v) is 1.86. The van der Waals surface area contributed by atoms with Crippen LogP contribution in [0.15, 0.2) is 49.2 Å². The van der Waals surface area contributed by atoms with E-state index in [1.165, 1.54) is 6.92 Å². The van der Waals surface area contributed by atoms with Crippen LogP contribution in [0.5, 0.6) is 0 Å². The molecule has 2 aromatic rings. The first-order valence-electron chi connectivity index (χ1n) is 6.57. The summed E-state index contributed by atoms with van der Waals surface area (Å²) < 4.78 is 5.18. The highest BCUT2D eigenvalue weighted by molar-refractivity contribution is 6.03. The zero-order valence-corrected chi connectivity index (χ0v) is 11.7. The topological polar surface area (TPSA) is 68.3 Å². The maximum Gasteiger partial charge on any atom is 0.341 e. The normalized spacial score (nSPS) is 11.7. The van der Waals surface area contributed by atoms with E-state index >= 15 is 0 Å². The molecule has 0 saturated carbocycles. The van der Waals surface area contributed by atoms with Crippen LogP contribution >= 0.6 is 0 Å². The Morgan fingerprint density at radius 2 is 2.14 bits per heavy atom. The van der Waals surface area contributed by atoms with E-state index in [4.69, 9.17) is 4.74 Å². The molecule has 0 bridgehead atoms. The van der Waals surface area contributed by atoms with Crippen molar-refractivity contribution < 1.29 is 14.3 Å². The highest BCUT2D eigenvalue weighted by Crippen LogP contribution is 2.17. The quantitative estimate of drug-likeness (QED) is 0.674. The lowest BCUT2D eigenvalue weighted by atomic mass is 10.1. The number of fused-ring (bicyclic) bond motifs is 1. The van der Waals surface area contributed by atoms with E-state index in [0.29, 0.717) is 17.6 Å². The molecule has 5 nitrogen and oxygen atoms in total. The number of pyridine rings is 1. The van der Waals surface area contributed by atoms with Crippen LogP contribution in [0.1, 0.15) is 17.3 Å². The monoisotopic (exact) mass is 284 g/mol. The van der Waals surface area contributed by atoms with Crippen LogP contribution in [0.25, 0.3) is 10.9 Å². The Morgan fingerprint density at radius 1 is 1.38 bits per heavy atom. The molecule has 1 N–H and O–H groups in total. The van der Waals surface area contributed by atoms with Gasteiger partial charge in [-0.25, -0.2) is 4.79 Å². The molecule has 0 unspecified atom stereocenters. The number of aromatic nitrogens is 1. The van der Waals surface area contributed by atoms with Crippen molar-refractivity contribution in [1.82, 2.24) is 10.3 Å². The molecule has 0 aliphatic heterocycles. The van der Waals surface area contributed by atoms with Crippen molar-refractivity contribution in [1.29, 1.82) is 0 Å². The average molecular weight is 284 g/mol. The summed E-state index contributed by atoms with van der Waals surface area (Å²) in [7, 11) is 0. The summed E-state index contributed by atoms with van der Waals surface area (Å²) in [6.07, 6.45) is 2.29. The van der Waals surface area contributed by atoms with Crippen LogP contribution in [-0.4, -0.2) is 29.5 Å². The van der Waals surface area contributed by atoms with Crippen molar-refractivity contribution in [2.45, 2.75) is 13.0 Å². The Morgan fingerprint density at radius 3 is 2.90 bits per heavy atom. The molecular formula is C16H16N2O3. The number of carbonyl (C=O) groups excluding carboxylic acids is 2. The van der Waals surface area contributed by atoms with E-state index in [-0.39, 0.29) is 5.91 Å². The first-order valence-corrected chi connectivity index (χ1v) is 6.57. The van der Waals surface area contributed by atoms with Crippen molar-refractivity contribution in [2.24, 2.45) is 0 Å². The standard InChI is InChI=1S/C16H16N2O3/c1-3-9-18-15(19)11(2)21-16(20)13-8-4-6-12-7-5-10-17-14(12)13/h3-8,10-11H,1,9H2,2H3,(H,18,19)/t11-/m1/s1. The van der Waals surface area contributed by atoms with Gasteiger partial charge in [-0.2, -0.15) is 0 Å². The number of rotatable bonds is 5. The Bertz CT molecular complexity index is 677. The summed E-state index contributed by atoms with van der Waals surface area (Å²) in [4.78, 5) is 28.1. The van der Waals surface area contributed by atoms with Crippen LogP contribution < -0.4 is 5.32 Å². The van der Waals surface area contributed by atoms with Crippen molar-refractivity contribution in [3.8, 4) is 0 Å². The minimum absolute atomic E-state index is 0.330. The molecular weight excluding hydrogens is 268 g/mol. The van der Waals surface area contributed by atoms with E-state index in [1.54, 1.807) is 30.5 Å². The summed E-state index contributed by atoms with van der Waals surface area (Å²) in [5, 5.41) is 3.42. The molecule has 5 heteroatoms. The van der Waals surface area contributed by atoms with Crippen LogP contribution in [0, 0.1) is 0 Å². The smallest absolute Gasteiger partial charge is 0.341 e. The molecule has 21 heavy (non-hydrogen) atoms. The summed E-state index contributed by atoms with van der Waals surface area (Å²) in [5.41, 5.74) is 0.903. The summed E-state index contributed by atoms with van der Waals surface area (Å²) in [5.74, 6) is -0.933. The van der Waals surface area contributed by atoms with Gasteiger partial charge in [0.05, 0.1) is 11.1 Å². The van der Waals surface area contributed by atoms with E-state index in [2.05, 4.69) is 16.9 Å². The Kier molecular flexibility index (Phi) is 4.66. The third kappa shape index (κ3) is 3.45. The number of hydrogen-bond donors (Lipinski definition) is 1. The third-order valence-corrected chi connectivity index (χ3v) is 2.93. The van der Waals surface area contributed by atoms with Gasteiger partial charge in [0.15, 0.2) is 6.10 Å². The van der Waals surface area contributed by atoms with Crippen LogP contribution in [0.4, 0.5) is 0 Å². The molecule has 2 rings (SSSR count). The maximum atomic E-state index is 12.2. The zero-order chi connectivity index (χ0) is 15.2. The van der Waals surface area contributed by atoms with Gasteiger partial charge in [0, 0.05) is 18.1 Å². The van der Waals surface area contributed by atoms with Gasteiger partial charge in [0.25, 0.3) is 5.91 Å². The van der Waals surface area contributed by atoms with Gasteiger partial charge in [-0.1, -0.05) is 24.3 Å². The third-order valence-electron chi connectivity index (χ3n) is 2.93. The van der Waals surface area contributed by atoms with Gasteiger partial charge >= 0.3 is 5.97 Å². The number of ether oxygens (including phenoxy) is 1. The SMILES string of the molecule is C=CCNC(=O)[C@@H](C)OC(=O)c1cccc2cccnc12. The first kappa shape index (κ1) is 14.7. The second-order valence-electron chi connectivity index (χ2n) is 4.46. The van der Waals surface area contributed by atoms with Gasteiger partial charge in [-0.3, -0.25) is 9.78 Å². The Balaban J connectivity index is 2.15. The fourth-order valence-electron chi connectivity index (χ4n) is 1.86. The number of nitrogens with one attached hydrogen (secondary N) is 1. The highest BCUT2D eigenvalue weighted by atomic mass is 16.5. The molecule has 0 spiro atoms. The summed E-state index contributed by atoms with van der Waals surface area (Å²) in [6.45, 7) is 5.36. The van der Waals surface area contributed by atoms with Crippen molar-refractivity contribution in [3.05, 3.63) is 54.7 Å². The zero-order valence-electron chi connectivity index (χ0n) is 11.7. The number of esters is 1. The number of amides is 1. The van der Waals surface area contributed by atoms with E-state index in [9.17, 15) is 9.59 Å². The average Bonchev–Trinajstić information content (AvgIpc) is 2.51. The number of para-hydroxylation sites is 1. The predicted molar refractivity (Wildman–Crippen MR) is 79.8 cm³/mol. The van der Waals surface area contributed by atoms with Gasteiger partial charge in [0.2, 0.25) is 0 Å². The van der Waals surface area contributed by atoms with E-state index < -0.39 is 12.1 Å². The number of benzene rings is 1. The Hall–Kier alpha value is -2.69. The van der Waals surface area contributed by atoms with Gasteiger partial charge in [-0.15, -0.1) is 6.58 Å². The fraction of sp³-hybridized carbons (Fsp3) is 0.188. The number of nitrogens with zero attached hydrogens (tertiary/aromatic N) is 1. The van der Waals surface area contributed by atoms with Crippen LogP contribution in [0.3, 0.4) is 0 Å². The second kappa shape index (κ2) is 6.65. The van der Waals surface area contributed by atoms with Crippen molar-refractivity contribution in [2.75, 3.05) is 6.54 Å². The van der Waals surface area contributed by atoms with E-state index in [0.717, 1.165) is 5.39 Å². The number of carbonyl (C=O) groups is 2. The molecule has 1 atom stereocenters. The highest BCUT2D eigenvalue weighted by Gasteiger charge is 2.20. The minimum Gasteiger partial charge on any atom is -0.449 e. The molecule has 0 aliphatic rings. The maximum absolute atomic E-state index is 12.2. The molecule has 1 aromatic heterocycles. The molecule has 0 radical (unpaired) electrons. The molecule has 1 heterocycles. The predicted octanol–water partition coefficient (Wildman–Crippen LogP) is 2.08. The van der Waals surface area contributed by atoms with Gasteiger partial charge in [0.1, 0.15) is 0 Å². The largest absolute Gasteiger partial charge is 0.449 e. The molecule has 0 saturated heterocycles. The molecule has 1 amide bonds. The summed E-state index contributed by atoms with van der Waals surface area (Å²) in [6, 6.07) is 8.90. The summed E-state index contributed by atoms with van der Waals surface area (Å²) >= 11 is 0. The van der Waals surface area contributed by atoms with Gasteiger partial charge < -0.3 is 10.1 Å². The molecule has 1 aromatic carbocycles. The molecule has 0 fully saturated rings. The van der Waals surface area contributed by atoms with Gasteiger partial charge in [-0.05, 0) is 19.1 Å². The van der Waals surface area contributed by atoms with Crippen molar-refractivity contribution >= 4 is 22.8 Å². The molecule has 108 valence electrons. The lowest BCUT2D eigenvalue weighted by Gasteiger charge is -2.13. The van der Waals surface area contributed by atoms with Crippen molar-refractivity contribution in [3.63, 3.8) is 0 Å². The van der Waals surface area contributed by atoms with Crippen LogP contribution in [0.2, 0.25) is 0 Å². The minimum atomic E-state index is -0.878. The lowest BCUT2D eigenvalue weighted by molar-refractivity contribution is -0.128.